The molecule has 0 aliphatic carbocycles. The first-order valence-electron chi connectivity index (χ1n) is 6.15. The van der Waals surface area contributed by atoms with E-state index in [0.717, 1.165) is 5.75 Å². The van der Waals surface area contributed by atoms with E-state index in [1.54, 1.807) is 18.2 Å². The van der Waals surface area contributed by atoms with Crippen molar-refractivity contribution < 1.29 is 19.1 Å². The summed E-state index contributed by atoms with van der Waals surface area (Å²) < 4.78 is 10.2. The van der Waals surface area contributed by atoms with Gasteiger partial charge in [0.25, 0.3) is 0 Å². The van der Waals surface area contributed by atoms with E-state index in [1.165, 1.54) is 26.0 Å². The fourth-order valence-electron chi connectivity index (χ4n) is 1.66. The molecule has 0 atom stereocenters. The lowest BCUT2D eigenvalue weighted by Crippen LogP contribution is -2.37. The highest BCUT2D eigenvalue weighted by atomic mass is 32.2. The van der Waals surface area contributed by atoms with Gasteiger partial charge in [-0.1, -0.05) is 11.8 Å². The molecule has 1 heterocycles. The molecule has 0 bridgehead atoms. The van der Waals surface area contributed by atoms with Crippen LogP contribution >= 0.6 is 11.8 Å². The highest BCUT2D eigenvalue weighted by molar-refractivity contribution is 8.14. The molecular formula is C13H15N3O4S. The minimum absolute atomic E-state index is 0.359. The van der Waals surface area contributed by atoms with E-state index in [1.807, 2.05) is 0 Å². The van der Waals surface area contributed by atoms with Gasteiger partial charge in [-0.05, 0) is 12.1 Å². The van der Waals surface area contributed by atoms with Crippen LogP contribution in [0.15, 0.2) is 23.2 Å². The van der Waals surface area contributed by atoms with Crippen LogP contribution in [0.4, 0.5) is 5.69 Å². The monoisotopic (exact) mass is 309 g/mol. The SMILES string of the molecule is COc1ccc(OC)c(NC(=O)C(=O)NC2=NCCS2)c1. The van der Waals surface area contributed by atoms with Crippen LogP contribution in [-0.2, 0) is 9.59 Å². The van der Waals surface area contributed by atoms with Crippen LogP contribution in [0.25, 0.3) is 0 Å². The Bertz CT molecular complexity index is 589. The first kappa shape index (κ1) is 15.2. The second-order valence-corrected chi connectivity index (χ2v) is 5.09. The van der Waals surface area contributed by atoms with Crippen LogP contribution in [0, 0.1) is 0 Å². The van der Waals surface area contributed by atoms with Crippen molar-refractivity contribution in [1.82, 2.24) is 5.32 Å². The smallest absolute Gasteiger partial charge is 0.315 e. The minimum atomic E-state index is -0.795. The van der Waals surface area contributed by atoms with E-state index in [2.05, 4.69) is 15.6 Å². The predicted octanol–water partition coefficient (Wildman–Crippen LogP) is 0.861. The fourth-order valence-corrected chi connectivity index (χ4v) is 2.38. The third kappa shape index (κ3) is 3.88. The number of aliphatic imine (C=N–C) groups is 1. The molecule has 0 saturated heterocycles. The number of hydrogen-bond acceptors (Lipinski definition) is 6. The number of amidine groups is 1. The van der Waals surface area contributed by atoms with Gasteiger partial charge in [0.1, 0.15) is 11.5 Å². The molecule has 2 N–H and O–H groups in total. The molecule has 7 nitrogen and oxygen atoms in total. The number of carbonyl (C=O) groups is 2. The molecular weight excluding hydrogens is 294 g/mol. The molecule has 0 unspecified atom stereocenters. The fraction of sp³-hybridized carbons (Fsp3) is 0.308. The molecule has 1 aromatic carbocycles. The van der Waals surface area contributed by atoms with Gasteiger partial charge < -0.3 is 14.8 Å². The molecule has 1 aromatic rings. The molecule has 0 radical (unpaired) electrons. The van der Waals surface area contributed by atoms with E-state index in [-0.39, 0.29) is 0 Å². The van der Waals surface area contributed by atoms with E-state index < -0.39 is 11.8 Å². The van der Waals surface area contributed by atoms with Crippen LogP contribution in [0.2, 0.25) is 0 Å². The van der Waals surface area contributed by atoms with Crippen molar-refractivity contribution >= 4 is 34.4 Å². The van der Waals surface area contributed by atoms with Crippen LogP contribution in [0.3, 0.4) is 0 Å². The molecule has 0 aromatic heterocycles. The average Bonchev–Trinajstić information content (AvgIpc) is 2.99. The maximum absolute atomic E-state index is 11.9. The van der Waals surface area contributed by atoms with Crippen molar-refractivity contribution in [1.29, 1.82) is 0 Å². The van der Waals surface area contributed by atoms with Crippen molar-refractivity contribution in [3.8, 4) is 11.5 Å². The summed E-state index contributed by atoms with van der Waals surface area (Å²) in [6, 6.07) is 4.91. The summed E-state index contributed by atoms with van der Waals surface area (Å²) in [7, 11) is 2.98. The maximum Gasteiger partial charge on any atom is 0.315 e. The first-order valence-corrected chi connectivity index (χ1v) is 7.14. The number of hydrogen-bond donors (Lipinski definition) is 2. The second-order valence-electron chi connectivity index (χ2n) is 4.01. The standard InChI is InChI=1S/C13H15N3O4S/c1-19-8-3-4-10(20-2)9(7-8)15-11(17)12(18)16-13-14-5-6-21-13/h3-4,7H,5-6H2,1-2H3,(H,15,17)(H,14,16,18). The average molecular weight is 309 g/mol. The Balaban J connectivity index is 2.05. The van der Waals surface area contributed by atoms with Crippen molar-refractivity contribution in [2.24, 2.45) is 4.99 Å². The molecule has 1 aliphatic rings. The van der Waals surface area contributed by atoms with Gasteiger partial charge in [-0.25, -0.2) is 0 Å². The first-order chi connectivity index (χ1) is 10.1. The van der Waals surface area contributed by atoms with Gasteiger partial charge in [0, 0.05) is 11.8 Å². The summed E-state index contributed by atoms with van der Waals surface area (Å²) in [4.78, 5) is 27.7. The number of nitrogens with zero attached hydrogens (tertiary/aromatic N) is 1. The molecule has 8 heteroatoms. The lowest BCUT2D eigenvalue weighted by Gasteiger charge is -2.11. The number of amides is 2. The summed E-state index contributed by atoms with van der Waals surface area (Å²) in [5.74, 6) is 0.220. The van der Waals surface area contributed by atoms with Gasteiger partial charge in [0.05, 0.1) is 26.5 Å². The number of carbonyl (C=O) groups excluding carboxylic acids is 2. The van der Waals surface area contributed by atoms with Crippen LogP contribution in [0.1, 0.15) is 0 Å². The number of anilines is 1. The summed E-state index contributed by atoms with van der Waals surface area (Å²) >= 11 is 1.40. The van der Waals surface area contributed by atoms with Crippen LogP contribution in [-0.4, -0.2) is 43.5 Å². The Hall–Kier alpha value is -2.22. The highest BCUT2D eigenvalue weighted by Gasteiger charge is 2.19. The molecule has 1 aliphatic heterocycles. The molecule has 0 spiro atoms. The van der Waals surface area contributed by atoms with Gasteiger partial charge in [0.2, 0.25) is 0 Å². The number of ether oxygens (including phenoxy) is 2. The molecule has 0 saturated carbocycles. The van der Waals surface area contributed by atoms with E-state index in [4.69, 9.17) is 9.47 Å². The highest BCUT2D eigenvalue weighted by Crippen LogP contribution is 2.28. The van der Waals surface area contributed by atoms with Crippen molar-refractivity contribution in [2.45, 2.75) is 0 Å². The Morgan fingerprint density at radius 2 is 1.95 bits per heavy atom. The van der Waals surface area contributed by atoms with Gasteiger partial charge >= 0.3 is 11.8 Å². The minimum Gasteiger partial charge on any atom is -0.497 e. The van der Waals surface area contributed by atoms with E-state index in [0.29, 0.717) is 28.9 Å². The predicted molar refractivity (Wildman–Crippen MR) is 81.1 cm³/mol. The van der Waals surface area contributed by atoms with Gasteiger partial charge in [0.15, 0.2) is 5.17 Å². The zero-order valence-electron chi connectivity index (χ0n) is 11.6. The number of thioether (sulfide) groups is 1. The molecule has 0 fully saturated rings. The molecule has 2 amide bonds. The Kier molecular flexibility index (Phi) is 5.04. The summed E-state index contributed by atoms with van der Waals surface area (Å²) in [6.07, 6.45) is 0. The van der Waals surface area contributed by atoms with E-state index in [9.17, 15) is 9.59 Å². The van der Waals surface area contributed by atoms with Crippen molar-refractivity contribution in [3.05, 3.63) is 18.2 Å². The van der Waals surface area contributed by atoms with Crippen LogP contribution in [0.5, 0.6) is 11.5 Å². The molecule has 112 valence electrons. The molecule has 2 rings (SSSR count). The van der Waals surface area contributed by atoms with Gasteiger partial charge in [-0.3, -0.25) is 19.9 Å². The quantitative estimate of drug-likeness (QED) is 0.809. The Morgan fingerprint density at radius 1 is 1.19 bits per heavy atom. The van der Waals surface area contributed by atoms with Crippen molar-refractivity contribution in [3.63, 3.8) is 0 Å². The van der Waals surface area contributed by atoms with Gasteiger partial charge in [-0.15, -0.1) is 0 Å². The third-order valence-corrected chi connectivity index (χ3v) is 3.56. The largest absolute Gasteiger partial charge is 0.497 e. The van der Waals surface area contributed by atoms with Gasteiger partial charge in [-0.2, -0.15) is 0 Å². The molecule has 21 heavy (non-hydrogen) atoms. The summed E-state index contributed by atoms with van der Waals surface area (Å²) in [6.45, 7) is 0.644. The Labute approximate surface area is 126 Å². The van der Waals surface area contributed by atoms with Crippen LogP contribution < -0.4 is 20.1 Å². The Morgan fingerprint density at radius 3 is 2.57 bits per heavy atom. The topological polar surface area (TPSA) is 89.0 Å². The zero-order chi connectivity index (χ0) is 15.2. The number of methoxy groups -OCH3 is 2. The zero-order valence-corrected chi connectivity index (χ0v) is 12.5. The second kappa shape index (κ2) is 6.98. The number of benzene rings is 1. The summed E-state index contributed by atoms with van der Waals surface area (Å²) in [5, 5.41) is 5.41. The number of rotatable bonds is 3. The van der Waals surface area contributed by atoms with Crippen molar-refractivity contribution in [2.75, 3.05) is 31.8 Å². The number of nitrogens with one attached hydrogen (secondary N) is 2. The summed E-state index contributed by atoms with van der Waals surface area (Å²) in [5.41, 5.74) is 0.359. The van der Waals surface area contributed by atoms with E-state index >= 15 is 0 Å². The normalized spacial score (nSPS) is 13.3. The lowest BCUT2D eigenvalue weighted by atomic mass is 10.2. The third-order valence-electron chi connectivity index (χ3n) is 2.67. The maximum atomic E-state index is 11.9. The lowest BCUT2D eigenvalue weighted by molar-refractivity contribution is -0.135.